The second-order valence-corrected chi connectivity index (χ2v) is 7.93. The molecule has 1 aliphatic heterocycles. The fourth-order valence-corrected chi connectivity index (χ4v) is 3.86. The number of hydrogen-bond donors (Lipinski definition) is 0. The van der Waals surface area contributed by atoms with E-state index in [-0.39, 0.29) is 18.5 Å². The van der Waals surface area contributed by atoms with Crippen LogP contribution in [0.5, 0.6) is 0 Å². The molecule has 148 valence electrons. The molecule has 0 saturated carbocycles. The Hall–Kier alpha value is -2.62. The van der Waals surface area contributed by atoms with Gasteiger partial charge in [-0.05, 0) is 35.4 Å². The molecule has 1 fully saturated rings. The lowest BCUT2D eigenvalue weighted by Gasteiger charge is -2.40. The molecule has 0 aromatic heterocycles. The molecule has 4 heteroatoms. The SMILES string of the molecule is CC(=O)N1CCC(C(=O)OCc2ccc(C(C)C)cc2)(c2ccccc2)CC1. The Bertz CT molecular complexity index is 804. The molecule has 0 atom stereocenters. The van der Waals surface area contributed by atoms with Gasteiger partial charge in [0.1, 0.15) is 6.61 Å². The Morgan fingerprint density at radius 3 is 2.14 bits per heavy atom. The Morgan fingerprint density at radius 2 is 1.61 bits per heavy atom. The zero-order chi connectivity index (χ0) is 20.1. The van der Waals surface area contributed by atoms with Crippen LogP contribution in [0.4, 0.5) is 0 Å². The summed E-state index contributed by atoms with van der Waals surface area (Å²) in [6.07, 6.45) is 1.17. The van der Waals surface area contributed by atoms with E-state index in [0.29, 0.717) is 31.8 Å². The molecule has 4 nitrogen and oxygen atoms in total. The molecule has 1 amide bonds. The summed E-state index contributed by atoms with van der Waals surface area (Å²) in [5.74, 6) is 0.333. The standard InChI is InChI=1S/C24H29NO3/c1-18(2)21-11-9-20(10-12-21)17-28-23(27)24(22-7-5-4-6-8-22)13-15-25(16-14-24)19(3)26/h4-12,18H,13-17H2,1-3H3. The summed E-state index contributed by atoms with van der Waals surface area (Å²) in [7, 11) is 0. The monoisotopic (exact) mass is 379 g/mol. The number of hydrogen-bond acceptors (Lipinski definition) is 3. The van der Waals surface area contributed by atoms with Crippen molar-refractivity contribution in [2.75, 3.05) is 13.1 Å². The van der Waals surface area contributed by atoms with E-state index in [4.69, 9.17) is 4.74 Å². The van der Waals surface area contributed by atoms with Crippen LogP contribution in [-0.2, 0) is 26.3 Å². The summed E-state index contributed by atoms with van der Waals surface area (Å²) in [5, 5.41) is 0. The van der Waals surface area contributed by atoms with Crippen LogP contribution >= 0.6 is 0 Å². The van der Waals surface area contributed by atoms with Gasteiger partial charge in [0.25, 0.3) is 0 Å². The van der Waals surface area contributed by atoms with Gasteiger partial charge in [-0.1, -0.05) is 68.4 Å². The first kappa shape index (κ1) is 20.1. The lowest BCUT2D eigenvalue weighted by atomic mass is 9.72. The van der Waals surface area contributed by atoms with Crippen molar-refractivity contribution in [3.63, 3.8) is 0 Å². The number of ether oxygens (including phenoxy) is 1. The maximum atomic E-state index is 13.2. The second kappa shape index (κ2) is 8.59. The van der Waals surface area contributed by atoms with Gasteiger partial charge in [0.2, 0.25) is 5.91 Å². The minimum absolute atomic E-state index is 0.0558. The van der Waals surface area contributed by atoms with Gasteiger partial charge in [-0.3, -0.25) is 9.59 Å². The third kappa shape index (κ3) is 4.27. The second-order valence-electron chi connectivity index (χ2n) is 7.93. The maximum absolute atomic E-state index is 13.2. The van der Waals surface area contributed by atoms with Gasteiger partial charge in [-0.25, -0.2) is 0 Å². The fraction of sp³-hybridized carbons (Fsp3) is 0.417. The first-order valence-corrected chi connectivity index (χ1v) is 9.99. The van der Waals surface area contributed by atoms with Gasteiger partial charge in [0.15, 0.2) is 0 Å². The highest BCUT2D eigenvalue weighted by atomic mass is 16.5. The molecule has 1 heterocycles. The highest BCUT2D eigenvalue weighted by Crippen LogP contribution is 2.37. The smallest absolute Gasteiger partial charge is 0.317 e. The van der Waals surface area contributed by atoms with Gasteiger partial charge >= 0.3 is 5.97 Å². The summed E-state index contributed by atoms with van der Waals surface area (Å²) in [5.41, 5.74) is 2.54. The third-order valence-corrected chi connectivity index (χ3v) is 5.80. The van der Waals surface area contributed by atoms with Crippen LogP contribution in [0.15, 0.2) is 54.6 Å². The van der Waals surface area contributed by atoms with E-state index in [1.807, 2.05) is 42.5 Å². The molecule has 0 radical (unpaired) electrons. The number of carbonyl (C=O) groups is 2. The molecule has 0 unspecified atom stereocenters. The summed E-state index contributed by atoms with van der Waals surface area (Å²) >= 11 is 0. The Morgan fingerprint density at radius 1 is 1.00 bits per heavy atom. The Balaban J connectivity index is 1.75. The largest absolute Gasteiger partial charge is 0.460 e. The average molecular weight is 380 g/mol. The van der Waals surface area contributed by atoms with Crippen molar-refractivity contribution in [1.29, 1.82) is 0 Å². The first-order chi connectivity index (χ1) is 13.4. The van der Waals surface area contributed by atoms with E-state index in [1.165, 1.54) is 5.56 Å². The molecule has 2 aromatic rings. The van der Waals surface area contributed by atoms with Gasteiger partial charge in [0.05, 0.1) is 5.41 Å². The Kier molecular flexibility index (Phi) is 6.18. The maximum Gasteiger partial charge on any atom is 0.317 e. The molecule has 3 rings (SSSR count). The van der Waals surface area contributed by atoms with E-state index in [9.17, 15) is 9.59 Å². The van der Waals surface area contributed by atoms with Crippen LogP contribution in [-0.4, -0.2) is 29.9 Å². The van der Waals surface area contributed by atoms with Crippen LogP contribution in [0.25, 0.3) is 0 Å². The van der Waals surface area contributed by atoms with Crippen molar-refractivity contribution in [2.45, 2.75) is 51.6 Å². The predicted octanol–water partition coefficient (Wildman–Crippen LogP) is 4.43. The summed E-state index contributed by atoms with van der Waals surface area (Å²) < 4.78 is 5.78. The van der Waals surface area contributed by atoms with E-state index < -0.39 is 5.41 Å². The molecule has 28 heavy (non-hydrogen) atoms. The fourth-order valence-electron chi connectivity index (χ4n) is 3.86. The molecule has 0 N–H and O–H groups in total. The first-order valence-electron chi connectivity index (χ1n) is 9.99. The Labute approximate surface area is 167 Å². The van der Waals surface area contributed by atoms with Crippen LogP contribution in [0.3, 0.4) is 0 Å². The van der Waals surface area contributed by atoms with Gasteiger partial charge in [-0.2, -0.15) is 0 Å². The van der Waals surface area contributed by atoms with Crippen LogP contribution in [0.2, 0.25) is 0 Å². The highest BCUT2D eigenvalue weighted by Gasteiger charge is 2.44. The quantitative estimate of drug-likeness (QED) is 0.722. The van der Waals surface area contributed by atoms with E-state index >= 15 is 0 Å². The summed E-state index contributed by atoms with van der Waals surface area (Å²) in [6, 6.07) is 18.1. The minimum atomic E-state index is -0.689. The molecular formula is C24H29NO3. The van der Waals surface area contributed by atoms with Crippen molar-refractivity contribution in [3.8, 4) is 0 Å². The number of amides is 1. The molecule has 0 bridgehead atoms. The molecular weight excluding hydrogens is 350 g/mol. The van der Waals surface area contributed by atoms with E-state index in [0.717, 1.165) is 11.1 Å². The number of esters is 1. The lowest BCUT2D eigenvalue weighted by molar-refractivity contribution is -0.155. The third-order valence-electron chi connectivity index (χ3n) is 5.80. The van der Waals surface area contributed by atoms with E-state index in [2.05, 4.69) is 26.0 Å². The number of nitrogens with zero attached hydrogens (tertiary/aromatic N) is 1. The predicted molar refractivity (Wildman–Crippen MR) is 110 cm³/mol. The van der Waals surface area contributed by atoms with Crippen molar-refractivity contribution < 1.29 is 14.3 Å². The molecule has 1 saturated heterocycles. The van der Waals surface area contributed by atoms with E-state index in [1.54, 1.807) is 11.8 Å². The van der Waals surface area contributed by atoms with Gasteiger partial charge < -0.3 is 9.64 Å². The highest BCUT2D eigenvalue weighted by molar-refractivity contribution is 5.84. The summed E-state index contributed by atoms with van der Waals surface area (Å²) in [4.78, 5) is 26.7. The van der Waals surface area contributed by atoms with Crippen molar-refractivity contribution >= 4 is 11.9 Å². The number of rotatable bonds is 5. The molecule has 0 spiro atoms. The van der Waals surface area contributed by atoms with Crippen molar-refractivity contribution in [1.82, 2.24) is 4.90 Å². The number of carbonyl (C=O) groups excluding carboxylic acids is 2. The average Bonchev–Trinajstić information content (AvgIpc) is 2.72. The number of benzene rings is 2. The summed E-state index contributed by atoms with van der Waals surface area (Å²) in [6.45, 7) is 7.31. The van der Waals surface area contributed by atoms with Crippen LogP contribution < -0.4 is 0 Å². The molecule has 0 aliphatic carbocycles. The van der Waals surface area contributed by atoms with Crippen molar-refractivity contribution in [3.05, 3.63) is 71.3 Å². The zero-order valence-electron chi connectivity index (χ0n) is 17.0. The molecule has 1 aliphatic rings. The number of piperidine rings is 1. The number of likely N-dealkylation sites (tertiary alicyclic amines) is 1. The van der Waals surface area contributed by atoms with Gasteiger partial charge in [0, 0.05) is 20.0 Å². The van der Waals surface area contributed by atoms with Crippen LogP contribution in [0.1, 0.15) is 56.2 Å². The normalized spacial score (nSPS) is 16.1. The minimum Gasteiger partial charge on any atom is -0.460 e. The van der Waals surface area contributed by atoms with Crippen LogP contribution in [0, 0.1) is 0 Å². The topological polar surface area (TPSA) is 46.6 Å². The van der Waals surface area contributed by atoms with Crippen molar-refractivity contribution in [2.24, 2.45) is 0 Å². The molecule has 2 aromatic carbocycles. The zero-order valence-corrected chi connectivity index (χ0v) is 17.0. The lowest BCUT2D eigenvalue weighted by Crippen LogP contribution is -2.49. The van der Waals surface area contributed by atoms with Gasteiger partial charge in [-0.15, -0.1) is 0 Å².